The average Bonchev–Trinajstić information content (AvgIpc) is 2.42. The molecule has 0 bridgehead atoms. The second kappa shape index (κ2) is 7.41. The summed E-state index contributed by atoms with van der Waals surface area (Å²) in [5.74, 6) is 0.559. The lowest BCUT2D eigenvalue weighted by Gasteiger charge is -2.11. The van der Waals surface area contributed by atoms with Gasteiger partial charge in [-0.25, -0.2) is 5.43 Å². The minimum Gasteiger partial charge on any atom is -0.297 e. The smallest absolute Gasteiger partial charge is 0.158 e. The molecule has 1 aromatic carbocycles. The van der Waals surface area contributed by atoms with Crippen LogP contribution in [0.3, 0.4) is 0 Å². The molecule has 0 saturated carbocycles. The minimum atomic E-state index is -0.495. The number of Topliss-reactive ketones (excluding diaryl/α,β-unsaturated/α-hetero) is 1. The molecule has 5 nitrogen and oxygen atoms in total. The molecule has 0 aliphatic carbocycles. The lowest BCUT2D eigenvalue weighted by molar-refractivity contribution is -0.118. The Kier molecular flexibility index (Phi) is 5.85. The van der Waals surface area contributed by atoms with Crippen molar-refractivity contribution in [1.82, 2.24) is 5.43 Å². The number of aliphatic imine (C=N–C) groups is 1. The molecule has 0 spiro atoms. The van der Waals surface area contributed by atoms with Crippen LogP contribution in [0.5, 0.6) is 0 Å². The van der Waals surface area contributed by atoms with Crippen molar-refractivity contribution >= 4 is 11.6 Å². The van der Waals surface area contributed by atoms with Gasteiger partial charge in [-0.05, 0) is 31.4 Å². The van der Waals surface area contributed by atoms with Gasteiger partial charge in [-0.3, -0.25) is 9.79 Å². The van der Waals surface area contributed by atoms with E-state index in [1.165, 1.54) is 12.5 Å². The largest absolute Gasteiger partial charge is 0.297 e. The third-order valence-electron chi connectivity index (χ3n) is 2.72. The molecule has 19 heavy (non-hydrogen) atoms. The van der Waals surface area contributed by atoms with E-state index in [1.54, 1.807) is 14.0 Å². The molecule has 0 amide bonds. The highest BCUT2D eigenvalue weighted by Gasteiger charge is 2.15. The second-order valence-electron chi connectivity index (χ2n) is 4.23. The Labute approximate surface area is 113 Å². The molecule has 0 aliphatic heterocycles. The van der Waals surface area contributed by atoms with Gasteiger partial charge in [0.05, 0.1) is 7.05 Å². The number of aryl methyl sites for hydroxylation is 1. The maximum Gasteiger partial charge on any atom is 0.158 e. The van der Waals surface area contributed by atoms with E-state index in [1.807, 2.05) is 24.3 Å². The van der Waals surface area contributed by atoms with Gasteiger partial charge in [-0.2, -0.15) is 5.11 Å². The van der Waals surface area contributed by atoms with Gasteiger partial charge in [0, 0.05) is 0 Å². The van der Waals surface area contributed by atoms with Crippen molar-refractivity contribution in [3.05, 3.63) is 35.4 Å². The standard InChI is InChI=1S/C14H20N4O/c1-5-12-6-8-13(9-7-12)14(10(2)19)16-11(3)17-18-15-4/h6-9,14H,5H2,1-4H3,(H,15,16,17). The number of benzene rings is 1. The van der Waals surface area contributed by atoms with Crippen LogP contribution in [0.1, 0.15) is 37.9 Å². The van der Waals surface area contributed by atoms with Crippen molar-refractivity contribution in [3.63, 3.8) is 0 Å². The van der Waals surface area contributed by atoms with Gasteiger partial charge in [-0.1, -0.05) is 36.4 Å². The summed E-state index contributed by atoms with van der Waals surface area (Å²) in [5, 5.41) is 7.21. The summed E-state index contributed by atoms with van der Waals surface area (Å²) in [4.78, 5) is 16.1. The van der Waals surface area contributed by atoms with E-state index >= 15 is 0 Å². The van der Waals surface area contributed by atoms with Crippen LogP contribution < -0.4 is 5.43 Å². The van der Waals surface area contributed by atoms with Gasteiger partial charge >= 0.3 is 0 Å². The zero-order valence-electron chi connectivity index (χ0n) is 11.8. The molecule has 1 N–H and O–H groups in total. The number of hydrogen-bond donors (Lipinski definition) is 1. The van der Waals surface area contributed by atoms with Gasteiger partial charge in [0.25, 0.3) is 0 Å². The molecule has 0 radical (unpaired) electrons. The van der Waals surface area contributed by atoms with Crippen molar-refractivity contribution in [1.29, 1.82) is 0 Å². The van der Waals surface area contributed by atoms with Crippen molar-refractivity contribution in [3.8, 4) is 0 Å². The zero-order valence-corrected chi connectivity index (χ0v) is 11.8. The molecule has 1 atom stereocenters. The first kappa shape index (κ1) is 15.0. The first-order chi connectivity index (χ1) is 9.08. The summed E-state index contributed by atoms with van der Waals surface area (Å²) in [6, 6.07) is 7.45. The molecule has 1 rings (SSSR count). The molecule has 0 fully saturated rings. The molecule has 1 unspecified atom stereocenters. The number of ketones is 1. The summed E-state index contributed by atoms with van der Waals surface area (Å²) in [6.45, 7) is 5.39. The summed E-state index contributed by atoms with van der Waals surface area (Å²) < 4.78 is 0. The highest BCUT2D eigenvalue weighted by Crippen LogP contribution is 2.19. The van der Waals surface area contributed by atoms with Crippen LogP contribution in [0.25, 0.3) is 0 Å². The Morgan fingerprint density at radius 2 is 1.89 bits per heavy atom. The molecule has 102 valence electrons. The molecular weight excluding hydrogens is 240 g/mol. The van der Waals surface area contributed by atoms with Crippen LogP contribution in [-0.4, -0.2) is 18.7 Å². The fourth-order valence-electron chi connectivity index (χ4n) is 1.68. The number of hydrogen-bond acceptors (Lipinski definition) is 4. The van der Waals surface area contributed by atoms with Gasteiger partial charge < -0.3 is 0 Å². The third kappa shape index (κ3) is 4.62. The number of nitrogens with one attached hydrogen (secondary N) is 1. The van der Waals surface area contributed by atoms with Gasteiger partial charge in [-0.15, -0.1) is 0 Å². The average molecular weight is 260 g/mol. The molecule has 0 heterocycles. The Morgan fingerprint density at radius 1 is 1.26 bits per heavy atom. The summed E-state index contributed by atoms with van der Waals surface area (Å²) >= 11 is 0. The van der Waals surface area contributed by atoms with Crippen molar-refractivity contribution in [2.24, 2.45) is 15.3 Å². The monoisotopic (exact) mass is 260 g/mol. The molecule has 5 heteroatoms. The van der Waals surface area contributed by atoms with Crippen LogP contribution in [-0.2, 0) is 11.2 Å². The van der Waals surface area contributed by atoms with Crippen LogP contribution in [0.4, 0.5) is 0 Å². The molecule has 1 aromatic rings. The lowest BCUT2D eigenvalue weighted by Crippen LogP contribution is -2.17. The highest BCUT2D eigenvalue weighted by molar-refractivity contribution is 5.87. The highest BCUT2D eigenvalue weighted by atomic mass is 16.1. The van der Waals surface area contributed by atoms with E-state index in [-0.39, 0.29) is 5.78 Å². The number of carbonyl (C=O) groups is 1. The SMILES string of the molecule is CCc1ccc(C(N=C(C)NN=NC)C(C)=O)cc1. The van der Waals surface area contributed by atoms with Gasteiger partial charge in [0.2, 0.25) is 0 Å². The van der Waals surface area contributed by atoms with Crippen molar-refractivity contribution < 1.29 is 4.79 Å². The quantitative estimate of drug-likeness (QED) is 0.383. The van der Waals surface area contributed by atoms with Crippen LogP contribution in [0.2, 0.25) is 0 Å². The molecule has 0 aromatic heterocycles. The maximum absolute atomic E-state index is 11.7. The zero-order chi connectivity index (χ0) is 14.3. The van der Waals surface area contributed by atoms with Crippen molar-refractivity contribution in [2.45, 2.75) is 33.2 Å². The van der Waals surface area contributed by atoms with Gasteiger partial charge in [0.15, 0.2) is 5.78 Å². The third-order valence-corrected chi connectivity index (χ3v) is 2.72. The predicted molar refractivity (Wildman–Crippen MR) is 76.3 cm³/mol. The molecule has 0 saturated heterocycles. The Bertz CT molecular complexity index is 477. The summed E-state index contributed by atoms with van der Waals surface area (Å²) in [7, 11) is 1.56. The number of rotatable bonds is 5. The maximum atomic E-state index is 11.7. The van der Waals surface area contributed by atoms with Crippen LogP contribution >= 0.6 is 0 Å². The predicted octanol–water partition coefficient (Wildman–Crippen LogP) is 2.88. The van der Waals surface area contributed by atoms with E-state index < -0.39 is 6.04 Å². The van der Waals surface area contributed by atoms with Gasteiger partial charge in [0.1, 0.15) is 11.9 Å². The minimum absolute atomic E-state index is 0.00108. The molecular formula is C14H20N4O. The van der Waals surface area contributed by atoms with Crippen LogP contribution in [0.15, 0.2) is 39.6 Å². The van der Waals surface area contributed by atoms with E-state index in [0.717, 1.165) is 12.0 Å². The Balaban J connectivity index is 2.96. The van der Waals surface area contributed by atoms with E-state index in [9.17, 15) is 4.79 Å². The summed E-state index contributed by atoms with van der Waals surface area (Å²) in [5.41, 5.74) is 4.79. The van der Waals surface area contributed by atoms with E-state index in [0.29, 0.717) is 5.84 Å². The fourth-order valence-corrected chi connectivity index (χ4v) is 1.68. The number of carbonyl (C=O) groups excluding carboxylic acids is 1. The fraction of sp³-hybridized carbons (Fsp3) is 0.429. The first-order valence-electron chi connectivity index (χ1n) is 6.27. The van der Waals surface area contributed by atoms with Crippen molar-refractivity contribution in [2.75, 3.05) is 7.05 Å². The Hall–Kier alpha value is -2.04. The first-order valence-corrected chi connectivity index (χ1v) is 6.27. The normalized spacial score (nSPS) is 13.6. The van der Waals surface area contributed by atoms with E-state index in [2.05, 4.69) is 27.7 Å². The Morgan fingerprint density at radius 3 is 2.37 bits per heavy atom. The second-order valence-corrected chi connectivity index (χ2v) is 4.23. The topological polar surface area (TPSA) is 66.2 Å². The number of nitrogens with zero attached hydrogens (tertiary/aromatic N) is 3. The van der Waals surface area contributed by atoms with Crippen LogP contribution in [0, 0.1) is 0 Å². The summed E-state index contributed by atoms with van der Waals surface area (Å²) in [6.07, 6.45) is 0.978. The van der Waals surface area contributed by atoms with E-state index in [4.69, 9.17) is 0 Å². The number of amidine groups is 1. The molecule has 0 aliphatic rings. The lowest BCUT2D eigenvalue weighted by atomic mass is 10.0.